The predicted molar refractivity (Wildman–Crippen MR) is 76.0 cm³/mol. The van der Waals surface area contributed by atoms with Crippen LogP contribution in [0.2, 0.25) is 0 Å². The molecule has 102 valence electrons. The normalized spacial score (nSPS) is 25.6. The monoisotopic (exact) mass is 258 g/mol. The van der Waals surface area contributed by atoms with Crippen molar-refractivity contribution in [3.8, 4) is 0 Å². The first-order chi connectivity index (χ1) is 9.26. The number of likely N-dealkylation sites (tertiary alicyclic amines) is 1. The van der Waals surface area contributed by atoms with E-state index in [1.54, 1.807) is 0 Å². The Hall–Kier alpha value is -1.35. The SMILES string of the molecule is CCc1ccc(CC(=O)N2C[C@H]3CNC[C@H]3C2)cc1. The molecule has 0 spiro atoms. The van der Waals surface area contributed by atoms with Gasteiger partial charge in [-0.15, -0.1) is 0 Å². The van der Waals surface area contributed by atoms with E-state index in [9.17, 15) is 4.79 Å². The molecule has 0 unspecified atom stereocenters. The van der Waals surface area contributed by atoms with Crippen LogP contribution in [0, 0.1) is 11.8 Å². The van der Waals surface area contributed by atoms with Crippen molar-refractivity contribution in [2.75, 3.05) is 26.2 Å². The quantitative estimate of drug-likeness (QED) is 0.890. The van der Waals surface area contributed by atoms with Crippen LogP contribution >= 0.6 is 0 Å². The summed E-state index contributed by atoms with van der Waals surface area (Å²) in [7, 11) is 0. The number of rotatable bonds is 3. The Balaban J connectivity index is 1.59. The zero-order valence-electron chi connectivity index (χ0n) is 11.6. The summed E-state index contributed by atoms with van der Waals surface area (Å²) in [6.07, 6.45) is 1.60. The van der Waals surface area contributed by atoms with Crippen molar-refractivity contribution in [2.45, 2.75) is 19.8 Å². The summed E-state index contributed by atoms with van der Waals surface area (Å²) in [4.78, 5) is 14.4. The minimum atomic E-state index is 0.290. The average Bonchev–Trinajstić information content (AvgIpc) is 3.00. The van der Waals surface area contributed by atoms with Crippen LogP contribution < -0.4 is 5.32 Å². The second-order valence-electron chi connectivity index (χ2n) is 5.82. The third-order valence-corrected chi connectivity index (χ3v) is 4.53. The summed E-state index contributed by atoms with van der Waals surface area (Å²) < 4.78 is 0. The van der Waals surface area contributed by atoms with Crippen molar-refractivity contribution < 1.29 is 4.79 Å². The lowest BCUT2D eigenvalue weighted by Crippen LogP contribution is -2.32. The fourth-order valence-electron chi connectivity index (χ4n) is 3.24. The van der Waals surface area contributed by atoms with Gasteiger partial charge in [-0.25, -0.2) is 0 Å². The molecule has 3 rings (SSSR count). The number of carbonyl (C=O) groups is 1. The number of carbonyl (C=O) groups excluding carboxylic acids is 1. The molecule has 1 amide bonds. The van der Waals surface area contributed by atoms with E-state index in [2.05, 4.69) is 41.4 Å². The summed E-state index contributed by atoms with van der Waals surface area (Å²) in [5.41, 5.74) is 2.47. The molecule has 0 aromatic heterocycles. The van der Waals surface area contributed by atoms with Gasteiger partial charge < -0.3 is 10.2 Å². The van der Waals surface area contributed by atoms with Crippen molar-refractivity contribution in [1.29, 1.82) is 0 Å². The molecular formula is C16H22N2O. The van der Waals surface area contributed by atoms with Crippen LogP contribution in [0.3, 0.4) is 0 Å². The highest BCUT2D eigenvalue weighted by molar-refractivity contribution is 5.79. The highest BCUT2D eigenvalue weighted by Gasteiger charge is 2.37. The number of benzene rings is 1. The number of amides is 1. The zero-order chi connectivity index (χ0) is 13.2. The van der Waals surface area contributed by atoms with E-state index in [0.29, 0.717) is 24.2 Å². The van der Waals surface area contributed by atoms with Crippen LogP contribution in [0.25, 0.3) is 0 Å². The van der Waals surface area contributed by atoms with Gasteiger partial charge in [0.1, 0.15) is 0 Å². The minimum absolute atomic E-state index is 0.290. The van der Waals surface area contributed by atoms with E-state index in [1.807, 2.05) is 0 Å². The molecule has 0 saturated carbocycles. The van der Waals surface area contributed by atoms with Gasteiger partial charge in [0.2, 0.25) is 5.91 Å². The summed E-state index contributed by atoms with van der Waals surface area (Å²) in [5.74, 6) is 1.66. The Morgan fingerprint density at radius 1 is 1.16 bits per heavy atom. The molecule has 1 N–H and O–H groups in total. The first kappa shape index (κ1) is 12.7. The van der Waals surface area contributed by atoms with Gasteiger partial charge in [0.05, 0.1) is 6.42 Å². The van der Waals surface area contributed by atoms with Gasteiger partial charge in [-0.1, -0.05) is 31.2 Å². The van der Waals surface area contributed by atoms with E-state index in [4.69, 9.17) is 0 Å². The predicted octanol–water partition coefficient (Wildman–Crippen LogP) is 1.47. The van der Waals surface area contributed by atoms with Gasteiger partial charge in [-0.2, -0.15) is 0 Å². The lowest BCUT2D eigenvalue weighted by atomic mass is 10.0. The largest absolute Gasteiger partial charge is 0.342 e. The molecular weight excluding hydrogens is 236 g/mol. The molecule has 3 heteroatoms. The molecule has 2 heterocycles. The number of nitrogens with one attached hydrogen (secondary N) is 1. The van der Waals surface area contributed by atoms with Crippen LogP contribution in [0.5, 0.6) is 0 Å². The van der Waals surface area contributed by atoms with Gasteiger partial charge in [-0.05, 0) is 29.4 Å². The van der Waals surface area contributed by atoms with Crippen LogP contribution in [-0.2, 0) is 17.6 Å². The lowest BCUT2D eigenvalue weighted by molar-refractivity contribution is -0.129. The Morgan fingerprint density at radius 2 is 1.74 bits per heavy atom. The van der Waals surface area contributed by atoms with Crippen LogP contribution in [0.4, 0.5) is 0 Å². The molecule has 3 nitrogen and oxygen atoms in total. The van der Waals surface area contributed by atoms with Gasteiger partial charge in [-0.3, -0.25) is 4.79 Å². The first-order valence-corrected chi connectivity index (χ1v) is 7.32. The van der Waals surface area contributed by atoms with Gasteiger partial charge >= 0.3 is 0 Å². The third kappa shape index (κ3) is 2.66. The fourth-order valence-corrected chi connectivity index (χ4v) is 3.24. The molecule has 1 aromatic rings. The Bertz CT molecular complexity index is 442. The maximum absolute atomic E-state index is 12.3. The van der Waals surface area contributed by atoms with E-state index in [-0.39, 0.29) is 0 Å². The summed E-state index contributed by atoms with van der Waals surface area (Å²) in [5, 5.41) is 3.41. The van der Waals surface area contributed by atoms with E-state index >= 15 is 0 Å². The Kier molecular flexibility index (Phi) is 3.56. The molecule has 2 fully saturated rings. The topological polar surface area (TPSA) is 32.3 Å². The molecule has 2 saturated heterocycles. The lowest BCUT2D eigenvalue weighted by Gasteiger charge is -2.17. The van der Waals surface area contributed by atoms with E-state index in [1.165, 1.54) is 5.56 Å². The highest BCUT2D eigenvalue weighted by atomic mass is 16.2. The maximum atomic E-state index is 12.3. The fraction of sp³-hybridized carbons (Fsp3) is 0.562. The number of fused-ring (bicyclic) bond motifs is 1. The van der Waals surface area contributed by atoms with Crippen molar-refractivity contribution in [3.05, 3.63) is 35.4 Å². The summed E-state index contributed by atoms with van der Waals surface area (Å²) >= 11 is 0. The van der Waals surface area contributed by atoms with Crippen LogP contribution in [-0.4, -0.2) is 37.0 Å². The summed E-state index contributed by atoms with van der Waals surface area (Å²) in [6.45, 7) is 6.21. The number of hydrogen-bond acceptors (Lipinski definition) is 2. The van der Waals surface area contributed by atoms with Crippen LogP contribution in [0.1, 0.15) is 18.1 Å². The van der Waals surface area contributed by atoms with Crippen LogP contribution in [0.15, 0.2) is 24.3 Å². The highest BCUT2D eigenvalue weighted by Crippen LogP contribution is 2.26. The van der Waals surface area contributed by atoms with Crippen molar-refractivity contribution >= 4 is 5.91 Å². The van der Waals surface area contributed by atoms with Gasteiger partial charge in [0.15, 0.2) is 0 Å². The van der Waals surface area contributed by atoms with Crippen molar-refractivity contribution in [3.63, 3.8) is 0 Å². The third-order valence-electron chi connectivity index (χ3n) is 4.53. The second kappa shape index (κ2) is 5.33. The average molecular weight is 258 g/mol. The van der Waals surface area contributed by atoms with Crippen molar-refractivity contribution in [2.24, 2.45) is 11.8 Å². The second-order valence-corrected chi connectivity index (χ2v) is 5.82. The molecule has 1 aromatic carbocycles. The van der Waals surface area contributed by atoms with Gasteiger partial charge in [0, 0.05) is 26.2 Å². The van der Waals surface area contributed by atoms with E-state index in [0.717, 1.165) is 38.2 Å². The number of aryl methyl sites for hydroxylation is 1. The summed E-state index contributed by atoms with van der Waals surface area (Å²) in [6, 6.07) is 8.45. The number of hydrogen-bond donors (Lipinski definition) is 1. The molecule has 2 aliphatic heterocycles. The molecule has 2 atom stereocenters. The van der Waals surface area contributed by atoms with Gasteiger partial charge in [0.25, 0.3) is 0 Å². The molecule has 19 heavy (non-hydrogen) atoms. The maximum Gasteiger partial charge on any atom is 0.227 e. The molecule has 0 aliphatic carbocycles. The number of nitrogens with zero attached hydrogens (tertiary/aromatic N) is 1. The Morgan fingerprint density at radius 3 is 2.32 bits per heavy atom. The Labute approximate surface area is 115 Å². The molecule has 0 radical (unpaired) electrons. The zero-order valence-corrected chi connectivity index (χ0v) is 11.6. The van der Waals surface area contributed by atoms with E-state index < -0.39 is 0 Å². The minimum Gasteiger partial charge on any atom is -0.342 e. The first-order valence-electron chi connectivity index (χ1n) is 7.32. The molecule has 2 aliphatic rings. The smallest absolute Gasteiger partial charge is 0.227 e. The standard InChI is InChI=1S/C16H22N2O/c1-2-12-3-5-13(6-4-12)7-16(19)18-10-14-8-17-9-15(14)11-18/h3-6,14-15,17H,2,7-11H2,1H3/t14-,15+. The molecule has 0 bridgehead atoms. The van der Waals surface area contributed by atoms with Crippen molar-refractivity contribution in [1.82, 2.24) is 10.2 Å².